The number of quaternary nitrogens is 1. The van der Waals surface area contributed by atoms with Gasteiger partial charge in [0.2, 0.25) is 5.91 Å². The van der Waals surface area contributed by atoms with Crippen LogP contribution in [0.25, 0.3) is 0 Å². The number of rotatable bonds is 53. The second-order valence-electron chi connectivity index (χ2n) is 21.2. The first kappa shape index (κ1) is 68.0. The first-order chi connectivity index (χ1) is 33.9. The van der Waals surface area contributed by atoms with Crippen molar-refractivity contribution in [3.8, 4) is 0 Å². The number of unbranched alkanes of at least 4 members (excludes halogenated alkanes) is 31. The van der Waals surface area contributed by atoms with Gasteiger partial charge in [0.25, 0.3) is 0 Å². The molecule has 0 aromatic heterocycles. The highest BCUT2D eigenvalue weighted by Crippen LogP contribution is 2.43. The summed E-state index contributed by atoms with van der Waals surface area (Å²) in [6.07, 6.45) is 61.0. The van der Waals surface area contributed by atoms with E-state index in [0.29, 0.717) is 17.4 Å². The number of nitrogens with one attached hydrogen (secondary N) is 1. The fraction of sp³-hybridized carbons (Fsp3) is 0.833. The largest absolute Gasteiger partial charge is 0.472 e. The minimum absolute atomic E-state index is 0.0370. The predicted octanol–water partition coefficient (Wildman–Crippen LogP) is 17.7. The van der Waals surface area contributed by atoms with E-state index in [1.807, 2.05) is 33.3 Å². The third-order valence-electron chi connectivity index (χ3n) is 13.0. The molecule has 0 aliphatic heterocycles. The number of allylic oxidation sites excluding steroid dienone is 7. The van der Waals surface area contributed by atoms with E-state index >= 15 is 0 Å². The normalized spacial score (nSPS) is 14.1. The molecule has 3 atom stereocenters. The molecule has 0 aliphatic rings. The zero-order valence-electron chi connectivity index (χ0n) is 46.8. The topological polar surface area (TPSA) is 111 Å². The number of carbonyl (C=O) groups excluding carboxylic acids is 2. The van der Waals surface area contributed by atoms with E-state index in [0.717, 1.165) is 77.0 Å². The summed E-state index contributed by atoms with van der Waals surface area (Å²) in [5.41, 5.74) is 0. The number of phosphoric acid groups is 1. The molecule has 0 fully saturated rings. The zero-order valence-corrected chi connectivity index (χ0v) is 47.7. The molecule has 410 valence electrons. The molecule has 3 unspecified atom stereocenters. The summed E-state index contributed by atoms with van der Waals surface area (Å²) in [5, 5.41) is 3.04. The number of carbonyl (C=O) groups is 2. The molecule has 0 aromatic rings. The summed E-state index contributed by atoms with van der Waals surface area (Å²) in [6, 6.07) is -0.855. The molecule has 0 spiro atoms. The van der Waals surface area contributed by atoms with E-state index in [2.05, 4.69) is 62.5 Å². The number of esters is 1. The smallest absolute Gasteiger partial charge is 0.456 e. The Morgan fingerprint density at radius 1 is 0.500 bits per heavy atom. The minimum Gasteiger partial charge on any atom is -0.456 e. The van der Waals surface area contributed by atoms with Crippen LogP contribution in [-0.2, 0) is 27.9 Å². The Kier molecular flexibility index (Phi) is 49.0. The molecule has 9 nitrogen and oxygen atoms in total. The molecule has 0 heterocycles. The standard InChI is InChI=1S/C60H113N2O7P/c1-7-10-13-16-19-22-25-27-29-30-31-32-33-35-38-41-44-47-50-53-60(64)69-58(51-48-45-42-39-36-24-21-18-15-12-9-3)57(56-68-70(65,66)67-55-54-62(4,5)6)61-59(63)52-49-46-43-40-37-34-28-26-23-20-17-14-11-8-2/h19,22,27,29,34,37,48,51,57-58H,7-18,20-21,23-26,28,30-33,35-36,38-47,49-50,52-56H2,1-6H3,(H-,61,63,65,66)/p+1/b22-19-,29-27-,37-34-,51-48+. The van der Waals surface area contributed by atoms with Crippen LogP contribution in [0.2, 0.25) is 0 Å². The minimum atomic E-state index is -4.45. The first-order valence-corrected chi connectivity index (χ1v) is 31.0. The number of phosphoric ester groups is 1. The third-order valence-corrected chi connectivity index (χ3v) is 14.0. The molecule has 0 bridgehead atoms. The molecule has 0 saturated carbocycles. The van der Waals surface area contributed by atoms with E-state index < -0.39 is 20.0 Å². The average Bonchev–Trinajstić information content (AvgIpc) is 3.32. The molecule has 2 N–H and O–H groups in total. The quantitative estimate of drug-likeness (QED) is 0.0205. The third kappa shape index (κ3) is 50.9. The summed E-state index contributed by atoms with van der Waals surface area (Å²) in [7, 11) is 1.49. The van der Waals surface area contributed by atoms with Crippen molar-refractivity contribution < 1.29 is 37.3 Å². The first-order valence-electron chi connectivity index (χ1n) is 29.5. The van der Waals surface area contributed by atoms with Crippen molar-refractivity contribution in [2.45, 2.75) is 283 Å². The Labute approximate surface area is 433 Å². The lowest BCUT2D eigenvalue weighted by atomic mass is 10.1. The van der Waals surface area contributed by atoms with Gasteiger partial charge in [-0.25, -0.2) is 4.57 Å². The monoisotopic (exact) mass is 1010 g/mol. The maximum atomic E-state index is 13.5. The zero-order chi connectivity index (χ0) is 51.5. The van der Waals surface area contributed by atoms with Crippen LogP contribution in [0.3, 0.4) is 0 Å². The van der Waals surface area contributed by atoms with Gasteiger partial charge in [-0.3, -0.25) is 18.6 Å². The van der Waals surface area contributed by atoms with Gasteiger partial charge in [0.05, 0.1) is 33.8 Å². The molecule has 70 heavy (non-hydrogen) atoms. The number of hydrogen-bond donors (Lipinski definition) is 2. The second kappa shape index (κ2) is 50.5. The number of ether oxygens (including phenoxy) is 1. The van der Waals surface area contributed by atoms with E-state index in [-0.39, 0.29) is 31.5 Å². The van der Waals surface area contributed by atoms with Gasteiger partial charge < -0.3 is 19.4 Å². The van der Waals surface area contributed by atoms with Crippen LogP contribution >= 0.6 is 7.82 Å². The maximum absolute atomic E-state index is 13.5. The number of nitrogens with zero attached hydrogens (tertiary/aromatic N) is 1. The van der Waals surface area contributed by atoms with Crippen molar-refractivity contribution in [3.63, 3.8) is 0 Å². The summed E-state index contributed by atoms with van der Waals surface area (Å²) in [6.45, 7) is 6.97. The van der Waals surface area contributed by atoms with E-state index in [1.54, 1.807) is 0 Å². The van der Waals surface area contributed by atoms with Gasteiger partial charge in [-0.15, -0.1) is 0 Å². The van der Waals surface area contributed by atoms with Crippen LogP contribution in [0.5, 0.6) is 0 Å². The molecule has 0 aromatic carbocycles. The van der Waals surface area contributed by atoms with Crippen molar-refractivity contribution in [2.24, 2.45) is 0 Å². The summed E-state index contributed by atoms with van der Waals surface area (Å²) in [5.74, 6) is -0.524. The van der Waals surface area contributed by atoms with Crippen LogP contribution in [0.15, 0.2) is 48.6 Å². The maximum Gasteiger partial charge on any atom is 0.472 e. The SMILES string of the molecule is CCCCC/C=C\C/C=C\CCCCCCCCCCCC(=O)OC(/C=C/CCCCCCCCCCC)C(COP(=O)(O)OCC[N+](C)(C)C)NC(=O)CCCCC/C=C\CCCCCCCCC. The Morgan fingerprint density at radius 2 is 0.871 bits per heavy atom. The lowest BCUT2D eigenvalue weighted by molar-refractivity contribution is -0.870. The van der Waals surface area contributed by atoms with Gasteiger partial charge in [0, 0.05) is 12.8 Å². The Morgan fingerprint density at radius 3 is 1.34 bits per heavy atom. The summed E-state index contributed by atoms with van der Waals surface area (Å²) in [4.78, 5) is 37.6. The van der Waals surface area contributed by atoms with E-state index in [9.17, 15) is 19.0 Å². The van der Waals surface area contributed by atoms with Crippen LogP contribution in [0, 0.1) is 0 Å². The highest BCUT2D eigenvalue weighted by atomic mass is 31.2. The molecule has 1 amide bonds. The van der Waals surface area contributed by atoms with E-state index in [4.69, 9.17) is 13.8 Å². The van der Waals surface area contributed by atoms with Crippen LogP contribution in [-0.4, -0.2) is 74.3 Å². The highest BCUT2D eigenvalue weighted by molar-refractivity contribution is 7.47. The fourth-order valence-electron chi connectivity index (χ4n) is 8.38. The average molecular weight is 1010 g/mol. The summed E-state index contributed by atoms with van der Waals surface area (Å²) >= 11 is 0. The molecular formula is C60H114N2O7P+. The van der Waals surface area contributed by atoms with E-state index in [1.165, 1.54) is 161 Å². The number of likely N-dealkylation sites (N-methyl/N-ethyl adjacent to an activating group) is 1. The lowest BCUT2D eigenvalue weighted by Crippen LogP contribution is -2.47. The lowest BCUT2D eigenvalue weighted by Gasteiger charge is -2.27. The Hall–Kier alpha value is -2.03. The molecule has 0 saturated heterocycles. The van der Waals surface area contributed by atoms with Crippen molar-refractivity contribution in [2.75, 3.05) is 40.9 Å². The Balaban J connectivity index is 5.28. The predicted molar refractivity (Wildman–Crippen MR) is 300 cm³/mol. The van der Waals surface area contributed by atoms with Crippen LogP contribution < -0.4 is 5.32 Å². The molecule has 0 rings (SSSR count). The van der Waals surface area contributed by atoms with Crippen LogP contribution in [0.4, 0.5) is 0 Å². The molecule has 0 aliphatic carbocycles. The number of amides is 1. The molecular weight excluding hydrogens is 892 g/mol. The number of hydrogen-bond acceptors (Lipinski definition) is 6. The van der Waals surface area contributed by atoms with Gasteiger partial charge in [0.1, 0.15) is 19.3 Å². The van der Waals surface area contributed by atoms with Crippen molar-refractivity contribution >= 4 is 19.7 Å². The summed E-state index contributed by atoms with van der Waals surface area (Å²) < 4.78 is 30.6. The molecule has 0 radical (unpaired) electrons. The van der Waals surface area contributed by atoms with Crippen molar-refractivity contribution in [1.29, 1.82) is 0 Å². The van der Waals surface area contributed by atoms with Crippen LogP contribution in [0.1, 0.15) is 271 Å². The fourth-order valence-corrected chi connectivity index (χ4v) is 9.11. The second-order valence-corrected chi connectivity index (χ2v) is 22.6. The van der Waals surface area contributed by atoms with Gasteiger partial charge >= 0.3 is 13.8 Å². The van der Waals surface area contributed by atoms with Gasteiger partial charge in [0.15, 0.2) is 0 Å². The van der Waals surface area contributed by atoms with Gasteiger partial charge in [-0.05, 0) is 89.5 Å². The van der Waals surface area contributed by atoms with Gasteiger partial charge in [-0.1, -0.05) is 217 Å². The van der Waals surface area contributed by atoms with Gasteiger partial charge in [-0.2, -0.15) is 0 Å². The van der Waals surface area contributed by atoms with Crippen molar-refractivity contribution in [3.05, 3.63) is 48.6 Å². The van der Waals surface area contributed by atoms with Crippen molar-refractivity contribution in [1.82, 2.24) is 5.32 Å². The Bertz CT molecular complexity index is 1340. The highest BCUT2D eigenvalue weighted by Gasteiger charge is 2.30. The molecule has 10 heteroatoms.